The highest BCUT2D eigenvalue weighted by Crippen LogP contribution is 2.09. The van der Waals surface area contributed by atoms with E-state index in [0.29, 0.717) is 0 Å². The van der Waals surface area contributed by atoms with E-state index in [1.165, 1.54) is 0 Å². The van der Waals surface area contributed by atoms with E-state index in [-0.39, 0.29) is 12.1 Å². The Kier molecular flexibility index (Phi) is 3.08. The van der Waals surface area contributed by atoms with Crippen molar-refractivity contribution in [1.29, 1.82) is 0 Å². The van der Waals surface area contributed by atoms with Gasteiger partial charge >= 0.3 is 0 Å². The fourth-order valence-corrected chi connectivity index (χ4v) is 0.967. The van der Waals surface area contributed by atoms with Crippen LogP contribution >= 0.6 is 0 Å². The summed E-state index contributed by atoms with van der Waals surface area (Å²) in [5.41, 5.74) is -0.214. The summed E-state index contributed by atoms with van der Waals surface area (Å²) in [5, 5.41) is 2.57. The minimum Gasteiger partial charge on any atom is -0.313 e. The molecule has 0 radical (unpaired) electrons. The van der Waals surface area contributed by atoms with E-state index in [9.17, 15) is 13.6 Å². The number of carbonyl (C=O) groups is 1. The summed E-state index contributed by atoms with van der Waals surface area (Å²) in [6.45, 7) is 0.000370. The van der Waals surface area contributed by atoms with E-state index in [0.717, 1.165) is 18.2 Å². The normalized spacial score (nSPS) is 10.1. The second-order valence-corrected chi connectivity index (χ2v) is 2.58. The highest BCUT2D eigenvalue weighted by Gasteiger charge is 2.11. The van der Waals surface area contributed by atoms with E-state index in [1.807, 2.05) is 0 Å². The maximum Gasteiger partial charge on any atom is 0.179 e. The summed E-state index contributed by atoms with van der Waals surface area (Å²) in [4.78, 5) is 11.1. The van der Waals surface area contributed by atoms with Crippen LogP contribution in [-0.2, 0) is 0 Å². The molecule has 0 saturated heterocycles. The molecule has 0 aliphatic carbocycles. The first-order valence-corrected chi connectivity index (χ1v) is 3.78. The molecule has 0 fully saturated rings. The lowest BCUT2D eigenvalue weighted by molar-refractivity contribution is 0.0989. The lowest BCUT2D eigenvalue weighted by Gasteiger charge is -2.01. The Morgan fingerprint density at radius 2 is 2.15 bits per heavy atom. The minimum absolute atomic E-state index is 0.000370. The third-order valence-corrected chi connectivity index (χ3v) is 1.57. The third kappa shape index (κ3) is 2.32. The topological polar surface area (TPSA) is 29.1 Å². The van der Waals surface area contributed by atoms with Gasteiger partial charge in [0.1, 0.15) is 11.6 Å². The van der Waals surface area contributed by atoms with Gasteiger partial charge in [0.25, 0.3) is 0 Å². The van der Waals surface area contributed by atoms with Crippen molar-refractivity contribution in [2.75, 3.05) is 13.6 Å². The highest BCUT2D eigenvalue weighted by molar-refractivity contribution is 5.97. The maximum atomic E-state index is 12.9. The first kappa shape index (κ1) is 9.80. The van der Waals surface area contributed by atoms with Gasteiger partial charge in [0.2, 0.25) is 0 Å². The molecule has 0 aromatic heterocycles. The second kappa shape index (κ2) is 4.09. The molecular weight excluding hydrogens is 176 g/mol. The lowest BCUT2D eigenvalue weighted by atomic mass is 10.1. The number of nitrogens with one attached hydrogen (secondary N) is 1. The van der Waals surface area contributed by atoms with Crippen LogP contribution < -0.4 is 5.32 Å². The second-order valence-electron chi connectivity index (χ2n) is 2.58. The first-order chi connectivity index (χ1) is 6.15. The molecule has 0 heterocycles. The van der Waals surface area contributed by atoms with Gasteiger partial charge in [0.05, 0.1) is 12.1 Å². The number of ketones is 1. The zero-order chi connectivity index (χ0) is 9.84. The number of halogens is 2. The Labute approximate surface area is 74.6 Å². The standard InChI is InChI=1S/C9H9F2NO/c1-12-5-9(13)7-4-6(10)2-3-8(7)11/h2-4,12H,5H2,1H3. The van der Waals surface area contributed by atoms with Crippen LogP contribution in [0.4, 0.5) is 8.78 Å². The van der Waals surface area contributed by atoms with Gasteiger partial charge in [0.15, 0.2) is 5.78 Å². The number of hydrogen-bond donors (Lipinski definition) is 1. The summed E-state index contributed by atoms with van der Waals surface area (Å²) in [6, 6.07) is 2.82. The van der Waals surface area contributed by atoms with E-state index in [1.54, 1.807) is 7.05 Å². The van der Waals surface area contributed by atoms with Crippen LogP contribution in [0.15, 0.2) is 18.2 Å². The average molecular weight is 185 g/mol. The molecule has 0 spiro atoms. The smallest absolute Gasteiger partial charge is 0.179 e. The van der Waals surface area contributed by atoms with Crippen molar-refractivity contribution in [2.24, 2.45) is 0 Å². The van der Waals surface area contributed by atoms with Crippen molar-refractivity contribution >= 4 is 5.78 Å². The van der Waals surface area contributed by atoms with Gasteiger partial charge in [-0.25, -0.2) is 8.78 Å². The molecule has 2 nitrogen and oxygen atoms in total. The minimum atomic E-state index is -0.693. The number of hydrogen-bond acceptors (Lipinski definition) is 2. The van der Waals surface area contributed by atoms with Gasteiger partial charge in [-0.3, -0.25) is 4.79 Å². The van der Waals surface area contributed by atoms with Crippen molar-refractivity contribution < 1.29 is 13.6 Å². The number of carbonyl (C=O) groups excluding carboxylic acids is 1. The van der Waals surface area contributed by atoms with E-state index in [4.69, 9.17) is 0 Å². The fraction of sp³-hybridized carbons (Fsp3) is 0.222. The molecular formula is C9H9F2NO. The van der Waals surface area contributed by atoms with Crippen molar-refractivity contribution in [3.63, 3.8) is 0 Å². The van der Waals surface area contributed by atoms with E-state index < -0.39 is 17.4 Å². The molecule has 1 aromatic rings. The third-order valence-electron chi connectivity index (χ3n) is 1.57. The summed E-state index contributed by atoms with van der Waals surface area (Å²) in [7, 11) is 1.56. The van der Waals surface area contributed by atoms with Gasteiger partial charge in [-0.2, -0.15) is 0 Å². The molecule has 13 heavy (non-hydrogen) atoms. The van der Waals surface area contributed by atoms with Crippen LogP contribution in [0, 0.1) is 11.6 Å². The molecule has 0 bridgehead atoms. The molecule has 0 amide bonds. The van der Waals surface area contributed by atoms with Crippen molar-refractivity contribution in [3.05, 3.63) is 35.4 Å². The predicted octanol–water partition coefficient (Wildman–Crippen LogP) is 1.37. The van der Waals surface area contributed by atoms with Gasteiger partial charge < -0.3 is 5.32 Å². The molecule has 0 unspecified atom stereocenters. The molecule has 1 N–H and O–H groups in total. The van der Waals surface area contributed by atoms with Crippen LogP contribution in [0.25, 0.3) is 0 Å². The molecule has 4 heteroatoms. The van der Waals surface area contributed by atoms with Crippen LogP contribution in [0.3, 0.4) is 0 Å². The van der Waals surface area contributed by atoms with Crippen molar-refractivity contribution in [2.45, 2.75) is 0 Å². The van der Waals surface area contributed by atoms with Crippen LogP contribution in [0.5, 0.6) is 0 Å². The Morgan fingerprint density at radius 1 is 1.46 bits per heavy atom. The van der Waals surface area contributed by atoms with Crippen molar-refractivity contribution in [3.8, 4) is 0 Å². The zero-order valence-electron chi connectivity index (χ0n) is 7.10. The van der Waals surface area contributed by atoms with E-state index in [2.05, 4.69) is 5.32 Å². The largest absolute Gasteiger partial charge is 0.313 e. The summed E-state index contributed by atoms with van der Waals surface area (Å²) >= 11 is 0. The van der Waals surface area contributed by atoms with Gasteiger partial charge in [-0.15, -0.1) is 0 Å². The van der Waals surface area contributed by atoms with Crippen LogP contribution in [-0.4, -0.2) is 19.4 Å². The molecule has 1 aromatic carbocycles. The van der Waals surface area contributed by atoms with Crippen molar-refractivity contribution in [1.82, 2.24) is 5.32 Å². The monoisotopic (exact) mass is 185 g/mol. The van der Waals surface area contributed by atoms with E-state index >= 15 is 0 Å². The SMILES string of the molecule is CNCC(=O)c1cc(F)ccc1F. The quantitative estimate of drug-likeness (QED) is 0.720. The maximum absolute atomic E-state index is 12.9. The van der Waals surface area contributed by atoms with Gasteiger partial charge in [-0.05, 0) is 25.2 Å². The molecule has 70 valence electrons. The number of Topliss-reactive ketones (excluding diaryl/α,β-unsaturated/α-hetero) is 1. The Hall–Kier alpha value is -1.29. The lowest BCUT2D eigenvalue weighted by Crippen LogP contribution is -2.19. The number of rotatable bonds is 3. The molecule has 0 saturated carbocycles. The average Bonchev–Trinajstić information content (AvgIpc) is 2.09. The molecule has 1 rings (SSSR count). The van der Waals surface area contributed by atoms with Gasteiger partial charge in [-0.1, -0.05) is 0 Å². The Bertz CT molecular complexity index is 325. The molecule has 0 aliphatic heterocycles. The first-order valence-electron chi connectivity index (χ1n) is 3.78. The molecule has 0 atom stereocenters. The van der Waals surface area contributed by atoms with Crippen LogP contribution in [0.1, 0.15) is 10.4 Å². The summed E-state index contributed by atoms with van der Waals surface area (Å²) in [5.74, 6) is -1.76. The number of likely N-dealkylation sites (N-methyl/N-ethyl adjacent to an activating group) is 1. The fourth-order valence-electron chi connectivity index (χ4n) is 0.967. The highest BCUT2D eigenvalue weighted by atomic mass is 19.1. The summed E-state index contributed by atoms with van der Waals surface area (Å²) in [6.07, 6.45) is 0. The van der Waals surface area contributed by atoms with Crippen LogP contribution in [0.2, 0.25) is 0 Å². The number of benzene rings is 1. The van der Waals surface area contributed by atoms with Gasteiger partial charge in [0, 0.05) is 0 Å². The molecule has 0 aliphatic rings. The summed E-state index contributed by atoms with van der Waals surface area (Å²) < 4.78 is 25.5. The Morgan fingerprint density at radius 3 is 2.77 bits per heavy atom. The Balaban J connectivity index is 2.99. The zero-order valence-corrected chi connectivity index (χ0v) is 7.10. The predicted molar refractivity (Wildman–Crippen MR) is 44.6 cm³/mol.